The number of nitrogens with one attached hydrogen (secondary N) is 1. The van der Waals surface area contributed by atoms with Crippen LogP contribution in [0.25, 0.3) is 0 Å². The highest BCUT2D eigenvalue weighted by Gasteiger charge is 2.24. The van der Waals surface area contributed by atoms with Crippen molar-refractivity contribution in [3.63, 3.8) is 0 Å². The van der Waals surface area contributed by atoms with E-state index < -0.39 is 18.0 Å². The topological polar surface area (TPSA) is 67.9 Å². The van der Waals surface area contributed by atoms with Gasteiger partial charge in [0.2, 0.25) is 6.10 Å². The maximum Gasteiger partial charge on any atom is 0.303 e. The molecule has 1 aliphatic rings. The molecular weight excluding hydrogens is 368 g/mol. The van der Waals surface area contributed by atoms with Crippen LogP contribution >= 0.6 is 11.6 Å². The Morgan fingerprint density at radius 1 is 1.07 bits per heavy atom. The SMILES string of the molecule is CC(=O)OC(C(=O)Nc1ccc(N2CCOCC2)cc1)c1ccc(Cl)cc1. The Balaban J connectivity index is 1.70. The highest BCUT2D eigenvalue weighted by atomic mass is 35.5. The summed E-state index contributed by atoms with van der Waals surface area (Å²) >= 11 is 5.89. The largest absolute Gasteiger partial charge is 0.447 e. The number of benzene rings is 2. The lowest BCUT2D eigenvalue weighted by molar-refractivity contribution is -0.152. The second-order valence-corrected chi connectivity index (χ2v) is 6.61. The first kappa shape index (κ1) is 19.2. The number of hydrogen-bond donors (Lipinski definition) is 1. The quantitative estimate of drug-likeness (QED) is 0.795. The number of ether oxygens (including phenoxy) is 2. The fraction of sp³-hybridized carbons (Fsp3) is 0.300. The molecule has 142 valence electrons. The van der Waals surface area contributed by atoms with Crippen LogP contribution in [0.5, 0.6) is 0 Å². The van der Waals surface area contributed by atoms with Gasteiger partial charge < -0.3 is 19.7 Å². The Kier molecular flexibility index (Phi) is 6.32. The van der Waals surface area contributed by atoms with Gasteiger partial charge >= 0.3 is 5.97 Å². The second-order valence-electron chi connectivity index (χ2n) is 6.18. The molecule has 1 atom stereocenters. The van der Waals surface area contributed by atoms with Crippen LogP contribution in [0, 0.1) is 0 Å². The van der Waals surface area contributed by atoms with Gasteiger partial charge in [-0.1, -0.05) is 23.7 Å². The van der Waals surface area contributed by atoms with E-state index in [1.807, 2.05) is 24.3 Å². The van der Waals surface area contributed by atoms with Crippen LogP contribution in [0.1, 0.15) is 18.6 Å². The van der Waals surface area contributed by atoms with Gasteiger partial charge in [-0.3, -0.25) is 9.59 Å². The number of morpholine rings is 1. The molecule has 0 spiro atoms. The first-order valence-corrected chi connectivity index (χ1v) is 9.07. The fourth-order valence-corrected chi connectivity index (χ4v) is 2.99. The van der Waals surface area contributed by atoms with Crippen LogP contribution in [0.15, 0.2) is 48.5 Å². The van der Waals surface area contributed by atoms with Gasteiger partial charge in [-0.05, 0) is 36.4 Å². The van der Waals surface area contributed by atoms with Crippen LogP contribution in [0.4, 0.5) is 11.4 Å². The third-order valence-electron chi connectivity index (χ3n) is 4.21. The standard InChI is InChI=1S/C20H21ClN2O4/c1-14(24)27-19(15-2-4-16(21)5-3-15)20(25)22-17-6-8-18(9-7-17)23-10-12-26-13-11-23/h2-9,19H,10-13H2,1H3,(H,22,25). The Morgan fingerprint density at radius 2 is 1.70 bits per heavy atom. The van der Waals surface area contributed by atoms with Gasteiger partial charge in [0.05, 0.1) is 13.2 Å². The number of carbonyl (C=O) groups excluding carboxylic acids is 2. The van der Waals surface area contributed by atoms with Crippen molar-refractivity contribution in [1.29, 1.82) is 0 Å². The van der Waals surface area contributed by atoms with Gasteiger partial charge in [0.15, 0.2) is 0 Å². The molecule has 1 N–H and O–H groups in total. The molecule has 2 aromatic rings. The van der Waals surface area contributed by atoms with E-state index in [9.17, 15) is 9.59 Å². The lowest BCUT2D eigenvalue weighted by Crippen LogP contribution is -2.36. The first-order valence-electron chi connectivity index (χ1n) is 8.69. The van der Waals surface area contributed by atoms with Gasteiger partial charge in [0.1, 0.15) is 0 Å². The zero-order valence-electron chi connectivity index (χ0n) is 15.0. The maximum absolute atomic E-state index is 12.7. The van der Waals surface area contributed by atoms with E-state index in [2.05, 4.69) is 10.2 Å². The smallest absolute Gasteiger partial charge is 0.303 e. The normalized spacial score (nSPS) is 15.1. The van der Waals surface area contributed by atoms with Crippen molar-refractivity contribution < 1.29 is 19.1 Å². The highest BCUT2D eigenvalue weighted by molar-refractivity contribution is 6.30. The summed E-state index contributed by atoms with van der Waals surface area (Å²) in [6.07, 6.45) is -1.04. The number of carbonyl (C=O) groups is 2. The summed E-state index contributed by atoms with van der Waals surface area (Å²) in [5.41, 5.74) is 2.26. The number of esters is 1. The average molecular weight is 389 g/mol. The van der Waals surface area contributed by atoms with E-state index in [-0.39, 0.29) is 0 Å². The molecule has 1 fully saturated rings. The molecule has 0 saturated carbocycles. The second kappa shape index (κ2) is 8.88. The lowest BCUT2D eigenvalue weighted by atomic mass is 10.1. The minimum absolute atomic E-state index is 0.424. The van der Waals surface area contributed by atoms with Crippen LogP contribution in [-0.4, -0.2) is 38.2 Å². The molecule has 1 saturated heterocycles. The van der Waals surface area contributed by atoms with E-state index in [0.29, 0.717) is 29.5 Å². The molecule has 0 aliphatic carbocycles. The summed E-state index contributed by atoms with van der Waals surface area (Å²) in [6, 6.07) is 14.2. The first-order chi connectivity index (χ1) is 13.0. The molecule has 1 heterocycles. The molecule has 1 unspecified atom stereocenters. The Bertz CT molecular complexity index is 787. The van der Waals surface area contributed by atoms with Crippen molar-refractivity contribution >= 4 is 34.9 Å². The van der Waals surface area contributed by atoms with Crippen molar-refractivity contribution in [3.8, 4) is 0 Å². The van der Waals surface area contributed by atoms with Crippen LogP contribution in [-0.2, 0) is 19.1 Å². The zero-order valence-corrected chi connectivity index (χ0v) is 15.7. The van der Waals surface area contributed by atoms with Crippen molar-refractivity contribution in [2.75, 3.05) is 36.5 Å². The van der Waals surface area contributed by atoms with E-state index in [1.165, 1.54) is 6.92 Å². The van der Waals surface area contributed by atoms with E-state index in [4.69, 9.17) is 21.1 Å². The minimum Gasteiger partial charge on any atom is -0.447 e. The molecule has 3 rings (SSSR count). The molecule has 0 aromatic heterocycles. The van der Waals surface area contributed by atoms with Gasteiger partial charge in [-0.25, -0.2) is 0 Å². The van der Waals surface area contributed by atoms with Crippen LogP contribution < -0.4 is 10.2 Å². The van der Waals surface area contributed by atoms with Gasteiger partial charge in [0.25, 0.3) is 5.91 Å². The minimum atomic E-state index is -1.04. The summed E-state index contributed by atoms with van der Waals surface area (Å²) in [5.74, 6) is -0.959. The van der Waals surface area contributed by atoms with Crippen molar-refractivity contribution in [1.82, 2.24) is 0 Å². The van der Waals surface area contributed by atoms with Crippen molar-refractivity contribution in [2.45, 2.75) is 13.0 Å². The number of amides is 1. The summed E-state index contributed by atoms with van der Waals surface area (Å²) in [5, 5.41) is 3.34. The van der Waals surface area contributed by atoms with E-state index >= 15 is 0 Å². The number of hydrogen-bond acceptors (Lipinski definition) is 5. The number of halogens is 1. The molecule has 0 bridgehead atoms. The zero-order chi connectivity index (χ0) is 19.2. The van der Waals surface area contributed by atoms with Gasteiger partial charge in [-0.2, -0.15) is 0 Å². The average Bonchev–Trinajstić information content (AvgIpc) is 2.68. The number of rotatable bonds is 5. The molecule has 6 nitrogen and oxygen atoms in total. The fourth-order valence-electron chi connectivity index (χ4n) is 2.86. The molecule has 7 heteroatoms. The van der Waals surface area contributed by atoms with Gasteiger partial charge in [-0.15, -0.1) is 0 Å². The monoisotopic (exact) mass is 388 g/mol. The molecule has 0 radical (unpaired) electrons. The molecule has 2 aromatic carbocycles. The Hall–Kier alpha value is -2.57. The Labute approximate surface area is 163 Å². The predicted molar refractivity (Wildman–Crippen MR) is 104 cm³/mol. The van der Waals surface area contributed by atoms with Gasteiger partial charge in [0, 0.05) is 42.0 Å². The molecule has 1 aliphatic heterocycles. The third kappa shape index (κ3) is 5.21. The summed E-state index contributed by atoms with van der Waals surface area (Å²) < 4.78 is 10.6. The third-order valence-corrected chi connectivity index (χ3v) is 4.46. The van der Waals surface area contributed by atoms with E-state index in [1.54, 1.807) is 24.3 Å². The highest BCUT2D eigenvalue weighted by Crippen LogP contribution is 2.24. The Morgan fingerprint density at radius 3 is 2.30 bits per heavy atom. The molecule has 1 amide bonds. The van der Waals surface area contributed by atoms with Crippen molar-refractivity contribution in [2.24, 2.45) is 0 Å². The lowest BCUT2D eigenvalue weighted by Gasteiger charge is -2.29. The van der Waals surface area contributed by atoms with Crippen LogP contribution in [0.2, 0.25) is 5.02 Å². The van der Waals surface area contributed by atoms with Crippen molar-refractivity contribution in [3.05, 3.63) is 59.1 Å². The maximum atomic E-state index is 12.7. The molecule has 27 heavy (non-hydrogen) atoms. The summed E-state index contributed by atoms with van der Waals surface area (Å²) in [7, 11) is 0. The summed E-state index contributed by atoms with van der Waals surface area (Å²) in [6.45, 7) is 4.38. The van der Waals surface area contributed by atoms with Crippen LogP contribution in [0.3, 0.4) is 0 Å². The predicted octanol–water partition coefficient (Wildman–Crippen LogP) is 3.42. The van der Waals surface area contributed by atoms with E-state index in [0.717, 1.165) is 18.8 Å². The number of anilines is 2. The number of nitrogens with zero attached hydrogens (tertiary/aromatic N) is 1. The summed E-state index contributed by atoms with van der Waals surface area (Å²) in [4.78, 5) is 26.3. The molecular formula is C20H21ClN2O4.